The van der Waals surface area contributed by atoms with Crippen molar-refractivity contribution in [3.05, 3.63) is 70.1 Å². The van der Waals surface area contributed by atoms with Crippen LogP contribution < -0.4 is 5.32 Å². The highest BCUT2D eigenvalue weighted by atomic mass is 32.1. The van der Waals surface area contributed by atoms with Crippen molar-refractivity contribution < 1.29 is 23.1 Å². The van der Waals surface area contributed by atoms with Crippen LogP contribution in [-0.2, 0) is 16.0 Å². The first-order valence-corrected chi connectivity index (χ1v) is 9.64. The lowest BCUT2D eigenvalue weighted by atomic mass is 9.89. The number of nitrogens with one attached hydrogen (secondary N) is 1. The Morgan fingerprint density at radius 3 is 2.72 bits per heavy atom. The Morgan fingerprint density at radius 2 is 1.97 bits per heavy atom. The van der Waals surface area contributed by atoms with Gasteiger partial charge in [0.15, 0.2) is 22.4 Å². The zero-order valence-electron chi connectivity index (χ0n) is 15.6. The van der Waals surface area contributed by atoms with Crippen LogP contribution in [0.1, 0.15) is 27.7 Å². The number of ether oxygens (including phenoxy) is 1. The zero-order chi connectivity index (χ0) is 20.8. The second kappa shape index (κ2) is 7.04. The minimum atomic E-state index is -1.38. The third kappa shape index (κ3) is 3.51. The molecule has 1 aliphatic rings. The molecule has 1 atom stereocenters. The molecule has 2 aromatic carbocycles. The van der Waals surface area contributed by atoms with Crippen LogP contribution in [0.2, 0.25) is 0 Å². The maximum absolute atomic E-state index is 13.5. The standard InChI is InChI=1S/C21H16F2N2O3S/c1-11-17(12-7-8-15(22)16(23)9-12)24-20(29-11)25-19(27)21(2)10-13-5-3-4-6-14(13)18(26)28-21/h3-9H,10H2,1-2H3,(H,24,25,27)/t21-/m1/s1. The fourth-order valence-corrected chi connectivity index (χ4v) is 4.08. The molecule has 4 rings (SSSR count). The fourth-order valence-electron chi connectivity index (χ4n) is 3.25. The molecule has 1 aliphatic heterocycles. The summed E-state index contributed by atoms with van der Waals surface area (Å²) in [4.78, 5) is 30.2. The number of carbonyl (C=O) groups is 2. The number of carbonyl (C=O) groups excluding carboxylic acids is 2. The average molecular weight is 414 g/mol. The third-order valence-corrected chi connectivity index (χ3v) is 5.66. The fraction of sp³-hybridized carbons (Fsp3) is 0.190. The van der Waals surface area contributed by atoms with E-state index >= 15 is 0 Å². The quantitative estimate of drug-likeness (QED) is 0.641. The van der Waals surface area contributed by atoms with E-state index in [1.807, 2.05) is 0 Å². The summed E-state index contributed by atoms with van der Waals surface area (Å²) in [5.41, 5.74) is 0.651. The number of fused-ring (bicyclic) bond motifs is 1. The second-order valence-electron chi connectivity index (χ2n) is 6.96. The summed E-state index contributed by atoms with van der Waals surface area (Å²) in [6.45, 7) is 3.31. The van der Waals surface area contributed by atoms with E-state index in [4.69, 9.17) is 4.74 Å². The zero-order valence-corrected chi connectivity index (χ0v) is 16.4. The van der Waals surface area contributed by atoms with E-state index < -0.39 is 29.1 Å². The highest BCUT2D eigenvalue weighted by Crippen LogP contribution is 2.33. The van der Waals surface area contributed by atoms with Crippen molar-refractivity contribution in [2.24, 2.45) is 0 Å². The van der Waals surface area contributed by atoms with E-state index in [1.54, 1.807) is 38.1 Å². The number of anilines is 1. The largest absolute Gasteiger partial charge is 0.445 e. The number of hydrogen-bond donors (Lipinski definition) is 1. The number of aryl methyl sites for hydroxylation is 1. The average Bonchev–Trinajstić information content (AvgIpc) is 3.04. The molecule has 2 heterocycles. The van der Waals surface area contributed by atoms with E-state index in [-0.39, 0.29) is 11.6 Å². The van der Waals surface area contributed by atoms with Gasteiger partial charge in [0, 0.05) is 16.9 Å². The summed E-state index contributed by atoms with van der Waals surface area (Å²) in [5.74, 6) is -2.98. The van der Waals surface area contributed by atoms with Crippen molar-refractivity contribution in [1.82, 2.24) is 4.98 Å². The van der Waals surface area contributed by atoms with Gasteiger partial charge in [0.25, 0.3) is 5.91 Å². The maximum atomic E-state index is 13.5. The summed E-state index contributed by atoms with van der Waals surface area (Å²) in [7, 11) is 0. The molecule has 0 saturated heterocycles. The van der Waals surface area contributed by atoms with Crippen LogP contribution in [0.5, 0.6) is 0 Å². The molecule has 1 N–H and O–H groups in total. The molecular formula is C21H16F2N2O3S. The van der Waals surface area contributed by atoms with E-state index in [0.717, 1.165) is 22.6 Å². The van der Waals surface area contributed by atoms with Crippen LogP contribution >= 0.6 is 11.3 Å². The SMILES string of the molecule is Cc1sc(NC(=O)[C@@]2(C)Cc3ccccc3C(=O)O2)nc1-c1ccc(F)c(F)c1. The molecule has 0 spiro atoms. The summed E-state index contributed by atoms with van der Waals surface area (Å²) < 4.78 is 32.2. The predicted molar refractivity (Wildman–Crippen MR) is 105 cm³/mol. The van der Waals surface area contributed by atoms with Gasteiger partial charge < -0.3 is 4.74 Å². The monoisotopic (exact) mass is 414 g/mol. The molecule has 8 heteroatoms. The minimum Gasteiger partial charge on any atom is -0.445 e. The van der Waals surface area contributed by atoms with E-state index in [9.17, 15) is 18.4 Å². The van der Waals surface area contributed by atoms with Gasteiger partial charge in [0.05, 0.1) is 11.3 Å². The molecule has 0 unspecified atom stereocenters. The normalized spacial score (nSPS) is 18.1. The van der Waals surface area contributed by atoms with Gasteiger partial charge in [0.2, 0.25) is 0 Å². The lowest BCUT2D eigenvalue weighted by Crippen LogP contribution is -2.48. The Bertz CT molecular complexity index is 1140. The van der Waals surface area contributed by atoms with Gasteiger partial charge in [-0.05, 0) is 43.7 Å². The summed E-state index contributed by atoms with van der Waals surface area (Å²) in [5, 5.41) is 2.96. The molecule has 5 nitrogen and oxygen atoms in total. The van der Waals surface area contributed by atoms with Gasteiger partial charge in [-0.3, -0.25) is 10.1 Å². The topological polar surface area (TPSA) is 68.3 Å². The van der Waals surface area contributed by atoms with Crippen molar-refractivity contribution in [3.8, 4) is 11.3 Å². The molecule has 0 saturated carbocycles. The van der Waals surface area contributed by atoms with Crippen molar-refractivity contribution >= 4 is 28.3 Å². The number of halogens is 2. The van der Waals surface area contributed by atoms with Gasteiger partial charge in [-0.15, -0.1) is 11.3 Å². The predicted octanol–water partition coefficient (Wildman–Crippen LogP) is 4.51. The van der Waals surface area contributed by atoms with Crippen LogP contribution in [0.15, 0.2) is 42.5 Å². The highest BCUT2D eigenvalue weighted by molar-refractivity contribution is 7.16. The smallest absolute Gasteiger partial charge is 0.339 e. The molecule has 148 valence electrons. The van der Waals surface area contributed by atoms with Crippen LogP contribution in [0, 0.1) is 18.6 Å². The lowest BCUT2D eigenvalue weighted by Gasteiger charge is -2.32. The van der Waals surface area contributed by atoms with Crippen molar-refractivity contribution in [1.29, 1.82) is 0 Å². The van der Waals surface area contributed by atoms with Gasteiger partial charge in [-0.25, -0.2) is 18.6 Å². The Hall–Kier alpha value is -3.13. The number of esters is 1. The number of hydrogen-bond acceptors (Lipinski definition) is 5. The summed E-state index contributed by atoms with van der Waals surface area (Å²) >= 11 is 1.20. The van der Waals surface area contributed by atoms with Crippen LogP contribution in [-0.4, -0.2) is 22.5 Å². The van der Waals surface area contributed by atoms with Gasteiger partial charge >= 0.3 is 5.97 Å². The number of amides is 1. The Balaban J connectivity index is 1.58. The molecule has 3 aromatic rings. The van der Waals surface area contributed by atoms with E-state index in [1.165, 1.54) is 17.4 Å². The lowest BCUT2D eigenvalue weighted by molar-refractivity contribution is -0.134. The number of benzene rings is 2. The summed E-state index contributed by atoms with van der Waals surface area (Å²) in [6, 6.07) is 10.5. The molecule has 0 radical (unpaired) electrons. The Morgan fingerprint density at radius 1 is 1.21 bits per heavy atom. The maximum Gasteiger partial charge on any atom is 0.339 e. The molecule has 1 amide bonds. The number of nitrogens with zero attached hydrogens (tertiary/aromatic N) is 1. The molecule has 29 heavy (non-hydrogen) atoms. The van der Waals surface area contributed by atoms with E-state index in [2.05, 4.69) is 10.3 Å². The van der Waals surface area contributed by atoms with Crippen molar-refractivity contribution in [3.63, 3.8) is 0 Å². The van der Waals surface area contributed by atoms with Gasteiger partial charge in [-0.1, -0.05) is 18.2 Å². The van der Waals surface area contributed by atoms with Gasteiger partial charge in [0.1, 0.15) is 0 Å². The first-order valence-electron chi connectivity index (χ1n) is 8.82. The number of aromatic nitrogens is 1. The Labute approximate surface area is 169 Å². The molecular weight excluding hydrogens is 398 g/mol. The number of thiazole rings is 1. The summed E-state index contributed by atoms with van der Waals surface area (Å²) in [6.07, 6.45) is 0.237. The van der Waals surface area contributed by atoms with Crippen LogP contribution in [0.3, 0.4) is 0 Å². The molecule has 0 fully saturated rings. The first kappa shape index (κ1) is 19.2. The van der Waals surface area contributed by atoms with Crippen LogP contribution in [0.4, 0.5) is 13.9 Å². The number of rotatable bonds is 3. The van der Waals surface area contributed by atoms with E-state index in [0.29, 0.717) is 16.8 Å². The highest BCUT2D eigenvalue weighted by Gasteiger charge is 2.43. The molecule has 0 bridgehead atoms. The Kier molecular flexibility index (Phi) is 4.66. The first-order chi connectivity index (χ1) is 13.8. The van der Waals surface area contributed by atoms with Crippen LogP contribution in [0.25, 0.3) is 11.3 Å². The van der Waals surface area contributed by atoms with Gasteiger partial charge in [-0.2, -0.15) is 0 Å². The minimum absolute atomic E-state index is 0.237. The number of cyclic esters (lactones) is 1. The molecule has 0 aliphatic carbocycles. The second-order valence-corrected chi connectivity index (χ2v) is 8.16. The molecule has 1 aromatic heterocycles. The van der Waals surface area contributed by atoms with Crippen molar-refractivity contribution in [2.75, 3.05) is 5.32 Å². The van der Waals surface area contributed by atoms with Crippen molar-refractivity contribution in [2.45, 2.75) is 25.9 Å². The third-order valence-electron chi connectivity index (χ3n) is 4.77.